The van der Waals surface area contributed by atoms with E-state index >= 15 is 0 Å². The topological polar surface area (TPSA) is 15.3 Å². The summed E-state index contributed by atoms with van der Waals surface area (Å²) in [5.74, 6) is 0. The molecule has 0 spiro atoms. The maximum atomic E-state index is 3.66. The van der Waals surface area contributed by atoms with Gasteiger partial charge in [-0.25, -0.2) is 0 Å². The lowest BCUT2D eigenvalue weighted by molar-refractivity contribution is 0.949. The largest absolute Gasteiger partial charge is 0.384 e. The molecule has 0 amide bonds. The van der Waals surface area contributed by atoms with Crippen LogP contribution < -0.4 is 10.2 Å². The molecule has 0 saturated carbocycles. The average Bonchev–Trinajstić information content (AvgIpc) is 2.88. The first-order chi connectivity index (χ1) is 7.34. The minimum absolute atomic E-state index is 1.08. The summed E-state index contributed by atoms with van der Waals surface area (Å²) in [6, 6.07) is 4.61. The molecule has 1 fully saturated rings. The summed E-state index contributed by atoms with van der Waals surface area (Å²) in [5, 5.41) is 3.42. The zero-order valence-corrected chi connectivity index (χ0v) is 10.3. The van der Waals surface area contributed by atoms with E-state index < -0.39 is 0 Å². The van der Waals surface area contributed by atoms with Crippen LogP contribution in [0.4, 0.5) is 11.4 Å². The molecule has 0 atom stereocenters. The molecular weight excluding hydrogens is 252 g/mol. The third kappa shape index (κ3) is 1.63. The van der Waals surface area contributed by atoms with Gasteiger partial charge in [-0.1, -0.05) is 0 Å². The van der Waals surface area contributed by atoms with Crippen molar-refractivity contribution in [1.82, 2.24) is 0 Å². The number of nitrogens with zero attached hydrogens (tertiary/aromatic N) is 1. The highest BCUT2D eigenvalue weighted by atomic mass is 79.9. The van der Waals surface area contributed by atoms with Crippen molar-refractivity contribution in [2.75, 3.05) is 29.9 Å². The minimum atomic E-state index is 1.08. The Morgan fingerprint density at radius 3 is 2.80 bits per heavy atom. The molecule has 1 saturated heterocycles. The van der Waals surface area contributed by atoms with Crippen LogP contribution in [-0.2, 0) is 6.42 Å². The predicted molar refractivity (Wildman–Crippen MR) is 67.8 cm³/mol. The van der Waals surface area contributed by atoms with Crippen LogP contribution in [0.15, 0.2) is 16.6 Å². The van der Waals surface area contributed by atoms with E-state index in [4.69, 9.17) is 0 Å². The molecule has 3 heteroatoms. The molecule has 1 N–H and O–H groups in total. The minimum Gasteiger partial charge on any atom is -0.384 e. The number of benzene rings is 1. The van der Waals surface area contributed by atoms with Crippen LogP contribution in [0.3, 0.4) is 0 Å². The number of hydrogen-bond donors (Lipinski definition) is 1. The lowest BCUT2D eigenvalue weighted by Gasteiger charge is -2.19. The van der Waals surface area contributed by atoms with Crippen molar-refractivity contribution >= 4 is 27.3 Å². The van der Waals surface area contributed by atoms with Crippen molar-refractivity contribution in [2.24, 2.45) is 0 Å². The molecule has 0 radical (unpaired) electrons. The van der Waals surface area contributed by atoms with Gasteiger partial charge in [0.15, 0.2) is 0 Å². The van der Waals surface area contributed by atoms with Crippen molar-refractivity contribution in [3.8, 4) is 0 Å². The van der Waals surface area contributed by atoms with Crippen molar-refractivity contribution in [1.29, 1.82) is 0 Å². The molecule has 2 aliphatic rings. The fourth-order valence-corrected chi connectivity index (χ4v) is 3.15. The standard InChI is InChI=1S/C12H15BrN2/c13-11-8-10(15-5-1-2-6-15)7-9-3-4-14-12(9)11/h7-8,14H,1-6H2. The highest BCUT2D eigenvalue weighted by Gasteiger charge is 2.18. The van der Waals surface area contributed by atoms with E-state index in [1.54, 1.807) is 0 Å². The van der Waals surface area contributed by atoms with Crippen LogP contribution in [-0.4, -0.2) is 19.6 Å². The van der Waals surface area contributed by atoms with Gasteiger partial charge in [0, 0.05) is 29.8 Å². The van der Waals surface area contributed by atoms with Gasteiger partial charge < -0.3 is 10.2 Å². The van der Waals surface area contributed by atoms with Gasteiger partial charge in [0.1, 0.15) is 0 Å². The predicted octanol–water partition coefficient (Wildman–Crippen LogP) is 3.02. The van der Waals surface area contributed by atoms with Gasteiger partial charge in [-0.15, -0.1) is 0 Å². The average molecular weight is 267 g/mol. The summed E-state index contributed by atoms with van der Waals surface area (Å²) >= 11 is 3.66. The highest BCUT2D eigenvalue weighted by molar-refractivity contribution is 9.10. The zero-order valence-electron chi connectivity index (χ0n) is 8.72. The zero-order chi connectivity index (χ0) is 10.3. The summed E-state index contributed by atoms with van der Waals surface area (Å²) in [6.07, 6.45) is 3.84. The van der Waals surface area contributed by atoms with Crippen LogP contribution in [0.25, 0.3) is 0 Å². The number of halogens is 1. The molecule has 80 valence electrons. The van der Waals surface area contributed by atoms with E-state index in [0.29, 0.717) is 0 Å². The van der Waals surface area contributed by atoms with Gasteiger partial charge in [-0.05, 0) is 52.9 Å². The maximum Gasteiger partial charge on any atom is 0.0519 e. The lowest BCUT2D eigenvalue weighted by Crippen LogP contribution is -2.17. The SMILES string of the molecule is Brc1cc(N2CCCC2)cc2c1NCC2. The van der Waals surface area contributed by atoms with Gasteiger partial charge in [0.25, 0.3) is 0 Å². The van der Waals surface area contributed by atoms with Gasteiger partial charge in [0.05, 0.1) is 5.69 Å². The third-order valence-electron chi connectivity index (χ3n) is 3.32. The second-order valence-corrected chi connectivity index (χ2v) is 5.19. The summed E-state index contributed by atoms with van der Waals surface area (Å²) < 4.78 is 1.22. The van der Waals surface area contributed by atoms with E-state index in [0.717, 1.165) is 13.0 Å². The van der Waals surface area contributed by atoms with Gasteiger partial charge >= 0.3 is 0 Å². The molecule has 0 unspecified atom stereocenters. The van der Waals surface area contributed by atoms with Crippen molar-refractivity contribution < 1.29 is 0 Å². The Morgan fingerprint density at radius 2 is 2.00 bits per heavy atom. The maximum absolute atomic E-state index is 3.66. The van der Waals surface area contributed by atoms with E-state index in [1.165, 1.54) is 47.3 Å². The number of rotatable bonds is 1. The molecule has 3 rings (SSSR count). The van der Waals surface area contributed by atoms with Crippen LogP contribution in [0.2, 0.25) is 0 Å². The Bertz CT molecular complexity index is 383. The van der Waals surface area contributed by atoms with E-state index in [2.05, 4.69) is 38.3 Å². The molecule has 2 aliphatic heterocycles. The second kappa shape index (κ2) is 3.71. The Kier molecular flexibility index (Phi) is 2.35. The number of anilines is 2. The van der Waals surface area contributed by atoms with Crippen molar-refractivity contribution in [3.05, 3.63) is 22.2 Å². The Labute approximate surface area is 98.8 Å². The number of fused-ring (bicyclic) bond motifs is 1. The molecular formula is C12H15BrN2. The Hall–Kier alpha value is -0.700. The molecule has 1 aromatic rings. The molecule has 2 heterocycles. The van der Waals surface area contributed by atoms with Gasteiger partial charge in [-0.3, -0.25) is 0 Å². The smallest absolute Gasteiger partial charge is 0.0519 e. The normalized spacial score (nSPS) is 19.1. The van der Waals surface area contributed by atoms with Gasteiger partial charge in [0.2, 0.25) is 0 Å². The molecule has 0 aromatic heterocycles. The van der Waals surface area contributed by atoms with Crippen LogP contribution in [0.1, 0.15) is 18.4 Å². The Balaban J connectivity index is 1.99. The third-order valence-corrected chi connectivity index (χ3v) is 3.95. The lowest BCUT2D eigenvalue weighted by atomic mass is 10.1. The Morgan fingerprint density at radius 1 is 1.20 bits per heavy atom. The van der Waals surface area contributed by atoms with Crippen LogP contribution >= 0.6 is 15.9 Å². The first kappa shape index (κ1) is 9.52. The van der Waals surface area contributed by atoms with Crippen molar-refractivity contribution in [2.45, 2.75) is 19.3 Å². The fourth-order valence-electron chi connectivity index (χ4n) is 2.52. The first-order valence-corrected chi connectivity index (χ1v) is 6.45. The van der Waals surface area contributed by atoms with Crippen molar-refractivity contribution in [3.63, 3.8) is 0 Å². The molecule has 0 bridgehead atoms. The van der Waals surface area contributed by atoms with Gasteiger partial charge in [-0.2, -0.15) is 0 Å². The summed E-state index contributed by atoms with van der Waals surface area (Å²) in [6.45, 7) is 3.52. The van der Waals surface area contributed by atoms with E-state index in [1.807, 2.05) is 0 Å². The number of hydrogen-bond acceptors (Lipinski definition) is 2. The molecule has 1 aromatic carbocycles. The van der Waals surface area contributed by atoms with E-state index in [-0.39, 0.29) is 0 Å². The molecule has 0 aliphatic carbocycles. The first-order valence-electron chi connectivity index (χ1n) is 5.66. The van der Waals surface area contributed by atoms with Crippen LogP contribution in [0.5, 0.6) is 0 Å². The second-order valence-electron chi connectivity index (χ2n) is 4.33. The fraction of sp³-hybridized carbons (Fsp3) is 0.500. The highest BCUT2D eigenvalue weighted by Crippen LogP contribution is 2.36. The molecule has 2 nitrogen and oxygen atoms in total. The van der Waals surface area contributed by atoms with E-state index in [9.17, 15) is 0 Å². The summed E-state index contributed by atoms with van der Waals surface area (Å²) in [5.41, 5.74) is 4.16. The quantitative estimate of drug-likeness (QED) is 0.841. The summed E-state index contributed by atoms with van der Waals surface area (Å²) in [7, 11) is 0. The molecule has 15 heavy (non-hydrogen) atoms. The number of nitrogens with one attached hydrogen (secondary N) is 1. The summed E-state index contributed by atoms with van der Waals surface area (Å²) in [4.78, 5) is 2.49. The van der Waals surface area contributed by atoms with Crippen LogP contribution in [0, 0.1) is 0 Å². The monoisotopic (exact) mass is 266 g/mol.